The molecule has 1 heterocycles. The minimum Gasteiger partial charge on any atom is -0.386 e. The summed E-state index contributed by atoms with van der Waals surface area (Å²) in [6.07, 6.45) is 1.43. The summed E-state index contributed by atoms with van der Waals surface area (Å²) in [6, 6.07) is 15.0. The lowest BCUT2D eigenvalue weighted by molar-refractivity contribution is 0.186. The first-order valence-corrected chi connectivity index (χ1v) is 10.8. The van der Waals surface area contributed by atoms with E-state index in [1.165, 1.54) is 17.7 Å². The van der Waals surface area contributed by atoms with Gasteiger partial charge in [-0.1, -0.05) is 42.0 Å². The van der Waals surface area contributed by atoms with E-state index in [9.17, 15) is 9.50 Å². The van der Waals surface area contributed by atoms with E-state index in [1.807, 2.05) is 50.2 Å². The standard InChI is InChI=1S/C24H33FN4O/c1-3-26-24(27-16-23(30)20-8-4-18(2)5-9-20)28-22-12-14-29(15-13-22)17-19-6-10-21(25)11-7-19/h4-11,22-23,30H,3,12-17H2,1-2H3,(H2,26,27,28). The molecule has 5 nitrogen and oxygen atoms in total. The van der Waals surface area contributed by atoms with Crippen LogP contribution in [0, 0.1) is 12.7 Å². The maximum Gasteiger partial charge on any atom is 0.191 e. The highest BCUT2D eigenvalue weighted by Crippen LogP contribution is 2.16. The van der Waals surface area contributed by atoms with Gasteiger partial charge in [-0.25, -0.2) is 4.39 Å². The number of piperidine rings is 1. The molecule has 1 aliphatic heterocycles. The molecule has 1 atom stereocenters. The van der Waals surface area contributed by atoms with Gasteiger partial charge in [-0.2, -0.15) is 0 Å². The molecule has 1 aliphatic rings. The first-order valence-electron chi connectivity index (χ1n) is 10.8. The zero-order valence-corrected chi connectivity index (χ0v) is 17.9. The lowest BCUT2D eigenvalue weighted by Gasteiger charge is -2.33. The van der Waals surface area contributed by atoms with E-state index < -0.39 is 6.10 Å². The summed E-state index contributed by atoms with van der Waals surface area (Å²) in [5.74, 6) is 0.560. The SMILES string of the molecule is CCNC(=NCC(O)c1ccc(C)cc1)NC1CCN(Cc2ccc(F)cc2)CC1. The van der Waals surface area contributed by atoms with Crippen molar-refractivity contribution in [1.29, 1.82) is 0 Å². The Morgan fingerprint density at radius 3 is 2.43 bits per heavy atom. The average molecular weight is 413 g/mol. The number of aliphatic hydroxyl groups is 1. The molecule has 0 aromatic heterocycles. The first kappa shape index (κ1) is 22.2. The second kappa shape index (κ2) is 11.1. The largest absolute Gasteiger partial charge is 0.386 e. The predicted octanol–water partition coefficient (Wildman–Crippen LogP) is 3.39. The van der Waals surface area contributed by atoms with Crippen LogP contribution < -0.4 is 10.6 Å². The van der Waals surface area contributed by atoms with E-state index in [4.69, 9.17) is 0 Å². The minimum absolute atomic E-state index is 0.190. The highest BCUT2D eigenvalue weighted by molar-refractivity contribution is 5.80. The second-order valence-corrected chi connectivity index (χ2v) is 7.97. The highest BCUT2D eigenvalue weighted by Gasteiger charge is 2.20. The number of aliphatic imine (C=N–C) groups is 1. The van der Waals surface area contributed by atoms with Gasteiger partial charge < -0.3 is 15.7 Å². The molecule has 0 spiro atoms. The summed E-state index contributed by atoms with van der Waals surface area (Å²) < 4.78 is 13.1. The predicted molar refractivity (Wildman–Crippen MR) is 120 cm³/mol. The van der Waals surface area contributed by atoms with Gasteiger partial charge in [0.1, 0.15) is 5.82 Å². The Labute approximate surface area is 179 Å². The fraction of sp³-hybridized carbons (Fsp3) is 0.458. The van der Waals surface area contributed by atoms with Crippen LogP contribution in [-0.4, -0.2) is 48.2 Å². The van der Waals surface area contributed by atoms with Crippen molar-refractivity contribution in [2.45, 2.75) is 45.4 Å². The summed E-state index contributed by atoms with van der Waals surface area (Å²) in [7, 11) is 0. The van der Waals surface area contributed by atoms with Gasteiger partial charge in [-0.15, -0.1) is 0 Å². The van der Waals surface area contributed by atoms with Gasteiger partial charge in [-0.3, -0.25) is 9.89 Å². The summed E-state index contributed by atoms with van der Waals surface area (Å²) >= 11 is 0. The van der Waals surface area contributed by atoms with Crippen molar-refractivity contribution in [3.8, 4) is 0 Å². The molecule has 0 radical (unpaired) electrons. The van der Waals surface area contributed by atoms with Gasteiger partial charge >= 0.3 is 0 Å². The molecule has 2 aromatic carbocycles. The number of nitrogens with zero attached hydrogens (tertiary/aromatic N) is 2. The molecule has 6 heteroatoms. The van der Waals surface area contributed by atoms with Gasteiger partial charge in [0.25, 0.3) is 0 Å². The minimum atomic E-state index is -0.612. The number of rotatable bonds is 7. The summed E-state index contributed by atoms with van der Waals surface area (Å²) in [5, 5.41) is 17.2. The second-order valence-electron chi connectivity index (χ2n) is 7.97. The van der Waals surface area contributed by atoms with Gasteiger partial charge in [0, 0.05) is 32.2 Å². The quantitative estimate of drug-likeness (QED) is 0.482. The van der Waals surface area contributed by atoms with Crippen LogP contribution in [0.4, 0.5) is 4.39 Å². The molecule has 3 N–H and O–H groups in total. The van der Waals surface area contributed by atoms with E-state index >= 15 is 0 Å². The summed E-state index contributed by atoms with van der Waals surface area (Å²) in [4.78, 5) is 7.00. The van der Waals surface area contributed by atoms with E-state index in [2.05, 4.69) is 20.5 Å². The fourth-order valence-corrected chi connectivity index (χ4v) is 3.67. The van der Waals surface area contributed by atoms with Crippen molar-refractivity contribution < 1.29 is 9.50 Å². The highest BCUT2D eigenvalue weighted by atomic mass is 19.1. The number of halogens is 1. The smallest absolute Gasteiger partial charge is 0.191 e. The Kier molecular flexibility index (Phi) is 8.22. The topological polar surface area (TPSA) is 59.9 Å². The Hall–Kier alpha value is -2.44. The number of nitrogens with one attached hydrogen (secondary N) is 2. The third kappa shape index (κ3) is 6.82. The molecule has 0 aliphatic carbocycles. The lowest BCUT2D eigenvalue weighted by Crippen LogP contribution is -2.48. The molecule has 2 aromatic rings. The molecular formula is C24H33FN4O. The number of benzene rings is 2. The molecule has 1 fully saturated rings. The van der Waals surface area contributed by atoms with Crippen molar-refractivity contribution in [2.24, 2.45) is 4.99 Å². The van der Waals surface area contributed by atoms with Crippen LogP contribution in [0.5, 0.6) is 0 Å². The van der Waals surface area contributed by atoms with Crippen LogP contribution in [-0.2, 0) is 6.54 Å². The maximum atomic E-state index is 13.1. The zero-order chi connectivity index (χ0) is 21.3. The normalized spacial score (nSPS) is 17.0. The number of aryl methyl sites for hydroxylation is 1. The monoisotopic (exact) mass is 412 g/mol. The number of aliphatic hydroxyl groups excluding tert-OH is 1. The van der Waals surface area contributed by atoms with Gasteiger partial charge in [0.05, 0.1) is 12.6 Å². The molecule has 3 rings (SSSR count). The summed E-state index contributed by atoms with van der Waals surface area (Å²) in [6.45, 7) is 7.99. The van der Waals surface area contributed by atoms with E-state index in [0.717, 1.165) is 56.1 Å². The Bertz CT molecular complexity index is 799. The number of hydrogen-bond donors (Lipinski definition) is 3. The molecule has 0 saturated carbocycles. The van der Waals surface area contributed by atoms with Crippen LogP contribution in [0.3, 0.4) is 0 Å². The molecule has 0 bridgehead atoms. The summed E-state index contributed by atoms with van der Waals surface area (Å²) in [5.41, 5.74) is 3.20. The third-order valence-corrected chi connectivity index (χ3v) is 5.48. The zero-order valence-electron chi connectivity index (χ0n) is 17.9. The Morgan fingerprint density at radius 1 is 1.13 bits per heavy atom. The van der Waals surface area contributed by atoms with Crippen molar-refractivity contribution in [3.05, 3.63) is 71.0 Å². The lowest BCUT2D eigenvalue weighted by atomic mass is 10.0. The Balaban J connectivity index is 1.48. The Morgan fingerprint density at radius 2 is 1.80 bits per heavy atom. The van der Waals surface area contributed by atoms with Crippen LogP contribution in [0.25, 0.3) is 0 Å². The molecule has 1 unspecified atom stereocenters. The fourth-order valence-electron chi connectivity index (χ4n) is 3.67. The van der Waals surface area contributed by atoms with Crippen molar-refractivity contribution in [3.63, 3.8) is 0 Å². The van der Waals surface area contributed by atoms with Gasteiger partial charge in [-0.05, 0) is 49.9 Å². The number of guanidine groups is 1. The van der Waals surface area contributed by atoms with Crippen molar-refractivity contribution in [2.75, 3.05) is 26.2 Å². The van der Waals surface area contributed by atoms with Crippen LogP contribution in [0.15, 0.2) is 53.5 Å². The number of hydrogen-bond acceptors (Lipinski definition) is 3. The molecule has 162 valence electrons. The van der Waals surface area contributed by atoms with Crippen LogP contribution >= 0.6 is 0 Å². The van der Waals surface area contributed by atoms with Crippen LogP contribution in [0.2, 0.25) is 0 Å². The van der Waals surface area contributed by atoms with Crippen molar-refractivity contribution >= 4 is 5.96 Å². The van der Waals surface area contributed by atoms with Gasteiger partial charge in [0.15, 0.2) is 5.96 Å². The molecule has 0 amide bonds. The molecule has 30 heavy (non-hydrogen) atoms. The third-order valence-electron chi connectivity index (χ3n) is 5.48. The molecule has 1 saturated heterocycles. The molecular weight excluding hydrogens is 379 g/mol. The van der Waals surface area contributed by atoms with E-state index in [-0.39, 0.29) is 5.82 Å². The average Bonchev–Trinajstić information content (AvgIpc) is 2.75. The van der Waals surface area contributed by atoms with Crippen molar-refractivity contribution in [1.82, 2.24) is 15.5 Å². The first-order chi connectivity index (χ1) is 14.5. The maximum absolute atomic E-state index is 13.1. The van der Waals surface area contributed by atoms with E-state index in [1.54, 1.807) is 0 Å². The van der Waals surface area contributed by atoms with Crippen LogP contribution in [0.1, 0.15) is 42.6 Å². The van der Waals surface area contributed by atoms with Gasteiger partial charge in [0.2, 0.25) is 0 Å². The van der Waals surface area contributed by atoms with E-state index in [0.29, 0.717) is 12.6 Å². The number of likely N-dealkylation sites (tertiary alicyclic amines) is 1.